The third kappa shape index (κ3) is 2.60. The van der Waals surface area contributed by atoms with E-state index in [1.54, 1.807) is 0 Å². The zero-order valence-electron chi connectivity index (χ0n) is 13.0. The van der Waals surface area contributed by atoms with E-state index < -0.39 is 0 Å². The lowest BCUT2D eigenvalue weighted by molar-refractivity contribution is -0.136. The van der Waals surface area contributed by atoms with Gasteiger partial charge < -0.3 is 15.1 Å². The van der Waals surface area contributed by atoms with Gasteiger partial charge in [0.05, 0.1) is 6.04 Å². The van der Waals surface area contributed by atoms with Gasteiger partial charge >= 0.3 is 0 Å². The van der Waals surface area contributed by atoms with Crippen LogP contribution in [-0.2, 0) is 4.79 Å². The Kier molecular flexibility index (Phi) is 4.32. The Balaban J connectivity index is 1.71. The lowest BCUT2D eigenvalue weighted by Gasteiger charge is -2.33. The maximum absolute atomic E-state index is 13.0. The fourth-order valence-electron chi connectivity index (χ4n) is 4.52. The first kappa shape index (κ1) is 14.3. The number of amides is 1. The normalized spacial score (nSPS) is 38.8. The van der Waals surface area contributed by atoms with Crippen molar-refractivity contribution in [1.29, 1.82) is 0 Å². The highest BCUT2D eigenvalue weighted by atomic mass is 16.2. The molecule has 1 aliphatic carbocycles. The van der Waals surface area contributed by atoms with Crippen molar-refractivity contribution in [1.82, 2.24) is 15.1 Å². The molecule has 0 aromatic rings. The van der Waals surface area contributed by atoms with E-state index >= 15 is 0 Å². The summed E-state index contributed by atoms with van der Waals surface area (Å²) < 4.78 is 0. The number of hydrogen-bond donors (Lipinski definition) is 1. The Morgan fingerprint density at radius 3 is 2.90 bits per heavy atom. The Morgan fingerprint density at radius 2 is 2.10 bits per heavy atom. The summed E-state index contributed by atoms with van der Waals surface area (Å²) >= 11 is 0. The average Bonchev–Trinajstić information content (AvgIpc) is 2.98. The molecule has 4 heteroatoms. The van der Waals surface area contributed by atoms with Gasteiger partial charge in [0.25, 0.3) is 0 Å². The second kappa shape index (κ2) is 6.02. The molecule has 4 unspecified atom stereocenters. The van der Waals surface area contributed by atoms with Gasteiger partial charge in [-0.3, -0.25) is 4.79 Å². The van der Waals surface area contributed by atoms with Gasteiger partial charge in [0.15, 0.2) is 0 Å². The fourth-order valence-corrected chi connectivity index (χ4v) is 4.52. The van der Waals surface area contributed by atoms with Crippen LogP contribution in [0.15, 0.2) is 0 Å². The molecule has 2 aliphatic heterocycles. The van der Waals surface area contributed by atoms with Gasteiger partial charge in [-0.05, 0) is 57.7 Å². The molecule has 0 aromatic heterocycles. The van der Waals surface area contributed by atoms with Crippen LogP contribution >= 0.6 is 0 Å². The van der Waals surface area contributed by atoms with Crippen LogP contribution in [-0.4, -0.2) is 61.0 Å². The number of hydrogen-bond acceptors (Lipinski definition) is 3. The summed E-state index contributed by atoms with van der Waals surface area (Å²) in [5.74, 6) is 1.77. The molecule has 1 saturated carbocycles. The minimum Gasteiger partial charge on any atom is -0.337 e. The Morgan fingerprint density at radius 1 is 1.25 bits per heavy atom. The van der Waals surface area contributed by atoms with Gasteiger partial charge in [0.1, 0.15) is 0 Å². The summed E-state index contributed by atoms with van der Waals surface area (Å²) in [5.41, 5.74) is 0. The molecular weight excluding hydrogens is 250 g/mol. The molecule has 0 bridgehead atoms. The molecule has 4 nitrogen and oxygen atoms in total. The minimum atomic E-state index is 0.111. The Hall–Kier alpha value is -0.610. The number of nitrogens with zero attached hydrogens (tertiary/aromatic N) is 2. The highest BCUT2D eigenvalue weighted by Crippen LogP contribution is 2.38. The summed E-state index contributed by atoms with van der Waals surface area (Å²) in [6.07, 6.45) is 6.07. The van der Waals surface area contributed by atoms with E-state index in [1.807, 2.05) is 0 Å². The molecule has 0 aromatic carbocycles. The van der Waals surface area contributed by atoms with Crippen LogP contribution in [0, 0.1) is 11.8 Å². The SMILES string of the molecule is CCC1CN(C)CCCN1C(=O)C1NCC2CCCC21. The number of carbonyl (C=O) groups excluding carboxylic acids is 1. The first-order valence-electron chi connectivity index (χ1n) is 8.43. The molecule has 1 N–H and O–H groups in total. The molecule has 114 valence electrons. The third-order valence-corrected chi connectivity index (χ3v) is 5.67. The first-order valence-corrected chi connectivity index (χ1v) is 8.43. The summed E-state index contributed by atoms with van der Waals surface area (Å²) in [4.78, 5) is 17.6. The molecule has 20 heavy (non-hydrogen) atoms. The van der Waals surface area contributed by atoms with Crippen molar-refractivity contribution in [2.45, 2.75) is 51.1 Å². The molecule has 4 atom stereocenters. The lowest BCUT2D eigenvalue weighted by atomic mass is 9.93. The molecular formula is C16H29N3O. The summed E-state index contributed by atoms with van der Waals surface area (Å²) in [6, 6.07) is 0.511. The van der Waals surface area contributed by atoms with E-state index in [2.05, 4.69) is 29.1 Å². The number of fused-ring (bicyclic) bond motifs is 1. The van der Waals surface area contributed by atoms with Crippen LogP contribution in [0.4, 0.5) is 0 Å². The van der Waals surface area contributed by atoms with Crippen molar-refractivity contribution in [2.24, 2.45) is 11.8 Å². The predicted octanol–water partition coefficient (Wildman–Crippen LogP) is 1.32. The smallest absolute Gasteiger partial charge is 0.240 e. The van der Waals surface area contributed by atoms with Crippen molar-refractivity contribution in [3.63, 3.8) is 0 Å². The van der Waals surface area contributed by atoms with Crippen LogP contribution in [0.5, 0.6) is 0 Å². The molecule has 3 aliphatic rings. The molecule has 0 spiro atoms. The third-order valence-electron chi connectivity index (χ3n) is 5.67. The van der Waals surface area contributed by atoms with E-state index in [4.69, 9.17) is 0 Å². The van der Waals surface area contributed by atoms with Crippen molar-refractivity contribution in [3.05, 3.63) is 0 Å². The van der Waals surface area contributed by atoms with Crippen LogP contribution in [0.3, 0.4) is 0 Å². The fraction of sp³-hybridized carbons (Fsp3) is 0.938. The Labute approximate surface area is 122 Å². The summed E-state index contributed by atoms with van der Waals surface area (Å²) in [5, 5.41) is 3.53. The van der Waals surface area contributed by atoms with Crippen LogP contribution in [0.2, 0.25) is 0 Å². The number of rotatable bonds is 2. The van der Waals surface area contributed by atoms with Gasteiger partial charge in [-0.1, -0.05) is 13.3 Å². The van der Waals surface area contributed by atoms with Crippen LogP contribution in [0.25, 0.3) is 0 Å². The maximum Gasteiger partial charge on any atom is 0.240 e. The molecule has 2 heterocycles. The van der Waals surface area contributed by atoms with Crippen molar-refractivity contribution in [3.8, 4) is 0 Å². The van der Waals surface area contributed by atoms with E-state index in [0.717, 1.165) is 44.9 Å². The van der Waals surface area contributed by atoms with Crippen molar-refractivity contribution in [2.75, 3.05) is 33.2 Å². The second-order valence-electron chi connectivity index (χ2n) is 6.95. The predicted molar refractivity (Wildman–Crippen MR) is 80.5 cm³/mol. The average molecular weight is 279 g/mol. The molecule has 0 radical (unpaired) electrons. The topological polar surface area (TPSA) is 35.6 Å². The highest BCUT2D eigenvalue weighted by Gasteiger charge is 2.44. The summed E-state index contributed by atoms with van der Waals surface area (Å²) in [6.45, 7) is 6.36. The first-order chi connectivity index (χ1) is 9.70. The molecule has 2 saturated heterocycles. The summed E-state index contributed by atoms with van der Waals surface area (Å²) in [7, 11) is 2.18. The van der Waals surface area contributed by atoms with Gasteiger partial charge in [-0.25, -0.2) is 0 Å². The highest BCUT2D eigenvalue weighted by molar-refractivity contribution is 5.83. The van der Waals surface area contributed by atoms with Crippen LogP contribution < -0.4 is 5.32 Å². The zero-order chi connectivity index (χ0) is 14.1. The monoisotopic (exact) mass is 279 g/mol. The number of nitrogens with one attached hydrogen (secondary N) is 1. The van der Waals surface area contributed by atoms with E-state index in [0.29, 0.717) is 17.9 Å². The Bertz CT molecular complexity index is 360. The molecule has 3 rings (SSSR count). The van der Waals surface area contributed by atoms with E-state index in [9.17, 15) is 4.79 Å². The lowest BCUT2D eigenvalue weighted by Crippen LogP contribution is -2.51. The standard InChI is InChI=1S/C16H29N3O/c1-3-13-11-18(2)8-5-9-19(13)16(20)15-14-7-4-6-12(14)10-17-15/h12-15,17H,3-11H2,1-2H3. The van der Waals surface area contributed by atoms with Crippen LogP contribution in [0.1, 0.15) is 39.0 Å². The second-order valence-corrected chi connectivity index (χ2v) is 6.95. The van der Waals surface area contributed by atoms with Gasteiger partial charge in [0, 0.05) is 19.1 Å². The van der Waals surface area contributed by atoms with Gasteiger partial charge in [0.2, 0.25) is 5.91 Å². The zero-order valence-corrected chi connectivity index (χ0v) is 13.0. The number of likely N-dealkylation sites (N-methyl/N-ethyl adjacent to an activating group) is 1. The quantitative estimate of drug-likeness (QED) is 0.828. The van der Waals surface area contributed by atoms with E-state index in [-0.39, 0.29) is 6.04 Å². The largest absolute Gasteiger partial charge is 0.337 e. The van der Waals surface area contributed by atoms with Crippen molar-refractivity contribution < 1.29 is 4.79 Å². The van der Waals surface area contributed by atoms with Crippen molar-refractivity contribution >= 4 is 5.91 Å². The molecule has 1 amide bonds. The maximum atomic E-state index is 13.0. The minimum absolute atomic E-state index is 0.111. The van der Waals surface area contributed by atoms with E-state index in [1.165, 1.54) is 19.3 Å². The molecule has 3 fully saturated rings. The number of carbonyl (C=O) groups is 1. The van der Waals surface area contributed by atoms with Gasteiger partial charge in [-0.2, -0.15) is 0 Å². The van der Waals surface area contributed by atoms with Gasteiger partial charge in [-0.15, -0.1) is 0 Å².